The van der Waals surface area contributed by atoms with E-state index < -0.39 is 17.9 Å². The molecule has 0 unspecified atom stereocenters. The van der Waals surface area contributed by atoms with Gasteiger partial charge in [0.2, 0.25) is 0 Å². The minimum Gasteiger partial charge on any atom is -0.463 e. The highest BCUT2D eigenvalue weighted by molar-refractivity contribution is 8.00. The summed E-state index contributed by atoms with van der Waals surface area (Å²) in [6, 6.07) is 3.87. The lowest BCUT2D eigenvalue weighted by molar-refractivity contribution is -0.139. The van der Waals surface area contributed by atoms with Gasteiger partial charge >= 0.3 is 11.9 Å². The van der Waals surface area contributed by atoms with Crippen LogP contribution in [0.15, 0.2) is 40.1 Å². The van der Waals surface area contributed by atoms with E-state index in [0.717, 1.165) is 22.9 Å². The Labute approximate surface area is 167 Å². The molecule has 2 aliphatic heterocycles. The van der Waals surface area contributed by atoms with Crippen molar-refractivity contribution in [3.8, 4) is 0 Å². The van der Waals surface area contributed by atoms with Crippen molar-refractivity contribution >= 4 is 35.0 Å². The first kappa shape index (κ1) is 20.0. The summed E-state index contributed by atoms with van der Waals surface area (Å²) >= 11 is 3.25. The number of carbonyl (C=O) groups excluding carboxylic acids is 2. The third-order valence-corrected chi connectivity index (χ3v) is 6.50. The monoisotopic (exact) mass is 408 g/mol. The van der Waals surface area contributed by atoms with Gasteiger partial charge in [0.1, 0.15) is 0 Å². The van der Waals surface area contributed by atoms with Crippen LogP contribution in [0, 0.1) is 0 Å². The zero-order valence-corrected chi connectivity index (χ0v) is 17.3. The minimum absolute atomic E-state index is 0.0365. The summed E-state index contributed by atoms with van der Waals surface area (Å²) in [6.45, 7) is 6.83. The maximum Gasteiger partial charge on any atom is 0.336 e. The molecule has 0 spiro atoms. The fourth-order valence-electron chi connectivity index (χ4n) is 3.33. The number of thioether (sulfide) groups is 1. The molecule has 3 rings (SSSR count). The van der Waals surface area contributed by atoms with Crippen LogP contribution in [0.25, 0.3) is 0 Å². The largest absolute Gasteiger partial charge is 0.463 e. The van der Waals surface area contributed by atoms with Crippen LogP contribution >= 0.6 is 23.1 Å². The normalized spacial score (nSPS) is 22.6. The van der Waals surface area contributed by atoms with Gasteiger partial charge in [0.25, 0.3) is 0 Å². The van der Waals surface area contributed by atoms with Crippen molar-refractivity contribution in [3.05, 3.63) is 44.9 Å². The lowest BCUT2D eigenvalue weighted by atomic mass is 9.84. The van der Waals surface area contributed by atoms with Crippen LogP contribution in [0.3, 0.4) is 0 Å². The van der Waals surface area contributed by atoms with E-state index in [1.54, 1.807) is 25.6 Å². The van der Waals surface area contributed by atoms with Crippen LogP contribution in [0.1, 0.15) is 31.6 Å². The third-order valence-electron chi connectivity index (χ3n) is 4.39. The Hall–Kier alpha value is -1.77. The molecular formula is C19H24N2O4S2. The van der Waals surface area contributed by atoms with Crippen molar-refractivity contribution in [2.24, 2.45) is 0 Å². The van der Waals surface area contributed by atoms with E-state index >= 15 is 0 Å². The Morgan fingerprint density at radius 2 is 1.89 bits per heavy atom. The second kappa shape index (κ2) is 8.95. The average Bonchev–Trinajstić information content (AvgIpc) is 3.34. The summed E-state index contributed by atoms with van der Waals surface area (Å²) in [7, 11) is 0. The van der Waals surface area contributed by atoms with E-state index in [2.05, 4.69) is 10.6 Å². The van der Waals surface area contributed by atoms with Gasteiger partial charge in [0.05, 0.1) is 41.3 Å². The third kappa shape index (κ3) is 4.07. The van der Waals surface area contributed by atoms with Crippen LogP contribution in [0.5, 0.6) is 0 Å². The Balaban J connectivity index is 2.15. The van der Waals surface area contributed by atoms with Gasteiger partial charge in [-0.2, -0.15) is 0 Å². The quantitative estimate of drug-likeness (QED) is 0.701. The number of ether oxygens (including phenoxy) is 2. The van der Waals surface area contributed by atoms with Gasteiger partial charge in [0, 0.05) is 22.9 Å². The highest BCUT2D eigenvalue weighted by Crippen LogP contribution is 2.43. The van der Waals surface area contributed by atoms with Crippen molar-refractivity contribution in [3.63, 3.8) is 0 Å². The zero-order chi connectivity index (χ0) is 19.4. The van der Waals surface area contributed by atoms with E-state index in [1.165, 1.54) is 11.3 Å². The molecule has 27 heavy (non-hydrogen) atoms. The topological polar surface area (TPSA) is 76.7 Å². The van der Waals surface area contributed by atoms with Gasteiger partial charge in [-0.15, -0.1) is 23.1 Å². The Bertz CT molecular complexity index is 765. The van der Waals surface area contributed by atoms with E-state index in [9.17, 15) is 9.59 Å². The van der Waals surface area contributed by atoms with Crippen molar-refractivity contribution in [1.82, 2.24) is 10.6 Å². The molecule has 0 aromatic carbocycles. The van der Waals surface area contributed by atoms with Crippen molar-refractivity contribution in [1.29, 1.82) is 0 Å². The van der Waals surface area contributed by atoms with Crippen LogP contribution in [-0.2, 0) is 19.1 Å². The summed E-state index contributed by atoms with van der Waals surface area (Å²) in [5.74, 6) is -0.346. The predicted octanol–water partition coefficient (Wildman–Crippen LogP) is 2.75. The molecule has 6 nitrogen and oxygen atoms in total. The molecule has 0 amide bonds. The molecule has 2 atom stereocenters. The number of dihydropyridines is 1. The molecule has 1 aromatic heterocycles. The fourth-order valence-corrected chi connectivity index (χ4v) is 5.23. The first-order valence-corrected chi connectivity index (χ1v) is 11.0. The number of nitrogens with one attached hydrogen (secondary N) is 2. The molecule has 0 aliphatic carbocycles. The number of hydrogen-bond donors (Lipinski definition) is 2. The van der Waals surface area contributed by atoms with Crippen LogP contribution in [0.4, 0.5) is 0 Å². The first-order chi connectivity index (χ1) is 13.1. The smallest absolute Gasteiger partial charge is 0.336 e. The summed E-state index contributed by atoms with van der Waals surface area (Å²) < 4.78 is 10.7. The molecule has 2 aliphatic rings. The van der Waals surface area contributed by atoms with E-state index in [0.29, 0.717) is 16.8 Å². The molecule has 8 heteroatoms. The lowest BCUT2D eigenvalue weighted by Gasteiger charge is -2.32. The number of esters is 2. The number of thiophene rings is 1. The minimum atomic E-state index is -0.498. The summed E-state index contributed by atoms with van der Waals surface area (Å²) in [6.07, 6.45) is 0. The summed E-state index contributed by atoms with van der Waals surface area (Å²) in [4.78, 5) is 26.7. The Morgan fingerprint density at radius 3 is 2.44 bits per heavy atom. The molecule has 2 N–H and O–H groups in total. The van der Waals surface area contributed by atoms with Gasteiger partial charge in [-0.1, -0.05) is 6.07 Å². The highest BCUT2D eigenvalue weighted by Gasteiger charge is 2.41. The van der Waals surface area contributed by atoms with Crippen molar-refractivity contribution in [2.75, 3.05) is 25.5 Å². The van der Waals surface area contributed by atoms with E-state index in [1.807, 2.05) is 24.4 Å². The lowest BCUT2D eigenvalue weighted by Crippen LogP contribution is -2.39. The molecule has 0 saturated carbocycles. The maximum atomic E-state index is 13.0. The Morgan fingerprint density at radius 1 is 1.19 bits per heavy atom. The summed E-state index contributed by atoms with van der Waals surface area (Å²) in [5, 5.41) is 8.62. The van der Waals surface area contributed by atoms with E-state index in [-0.39, 0.29) is 18.6 Å². The van der Waals surface area contributed by atoms with Crippen LogP contribution in [-0.4, -0.2) is 42.8 Å². The van der Waals surface area contributed by atoms with Crippen molar-refractivity contribution < 1.29 is 19.1 Å². The zero-order valence-electron chi connectivity index (χ0n) is 15.7. The molecule has 3 heterocycles. The molecule has 1 aromatic rings. The van der Waals surface area contributed by atoms with Crippen LogP contribution in [0.2, 0.25) is 0 Å². The molecular weight excluding hydrogens is 384 g/mol. The standard InChI is InChI=1S/C19H24N2O4S2/c1-4-24-18(22)13-11(3)21-16(17-20-8-10-27-17)15(19(23)25-5-2)14(13)12-7-6-9-26-12/h6-7,9,14,17,20-21H,4-5,8,10H2,1-3H3/t14-,17-/m1/s1. The van der Waals surface area contributed by atoms with Gasteiger partial charge in [0.15, 0.2) is 0 Å². The van der Waals surface area contributed by atoms with Gasteiger partial charge in [-0.25, -0.2) is 9.59 Å². The highest BCUT2D eigenvalue weighted by atomic mass is 32.2. The number of rotatable bonds is 6. The number of allylic oxidation sites excluding steroid dienone is 1. The number of hydrogen-bond acceptors (Lipinski definition) is 8. The van der Waals surface area contributed by atoms with E-state index in [4.69, 9.17) is 9.47 Å². The molecule has 146 valence electrons. The fraction of sp³-hybridized carbons (Fsp3) is 0.474. The number of carbonyl (C=O) groups is 2. The molecule has 0 bridgehead atoms. The Kier molecular flexibility index (Phi) is 6.62. The van der Waals surface area contributed by atoms with Gasteiger partial charge in [-0.3, -0.25) is 5.32 Å². The maximum absolute atomic E-state index is 13.0. The second-order valence-corrected chi connectivity index (χ2v) is 8.28. The average molecular weight is 409 g/mol. The molecule has 0 radical (unpaired) electrons. The van der Waals surface area contributed by atoms with Crippen LogP contribution < -0.4 is 10.6 Å². The van der Waals surface area contributed by atoms with Crippen molar-refractivity contribution in [2.45, 2.75) is 32.1 Å². The molecule has 1 fully saturated rings. The van der Waals surface area contributed by atoms with Gasteiger partial charge < -0.3 is 14.8 Å². The SMILES string of the molecule is CCOC(=O)C1=C(C)NC([C@@H]2NCCS2)=C(C(=O)OCC)[C@@H]1c1cccs1. The summed E-state index contributed by atoms with van der Waals surface area (Å²) in [5.41, 5.74) is 2.44. The first-order valence-electron chi connectivity index (χ1n) is 9.02. The predicted molar refractivity (Wildman–Crippen MR) is 107 cm³/mol. The second-order valence-electron chi connectivity index (χ2n) is 6.09. The van der Waals surface area contributed by atoms with Gasteiger partial charge in [-0.05, 0) is 32.2 Å². The molecule has 1 saturated heterocycles.